The monoisotopic (exact) mass is 892 g/mol. The van der Waals surface area contributed by atoms with Crippen molar-refractivity contribution in [2.75, 3.05) is 38.2 Å². The van der Waals surface area contributed by atoms with Crippen LogP contribution in [0.15, 0.2) is 133 Å². The maximum atomic E-state index is 15.0. The highest BCUT2D eigenvalue weighted by Crippen LogP contribution is 2.59. The molecule has 6 atom stereocenters. The molecule has 336 valence electrons. The van der Waals surface area contributed by atoms with Crippen LogP contribution in [0.25, 0.3) is 35.1 Å². The number of hydrogen-bond acceptors (Lipinski definition) is 9. The van der Waals surface area contributed by atoms with Gasteiger partial charge >= 0.3 is 0 Å². The summed E-state index contributed by atoms with van der Waals surface area (Å²) in [7, 11) is 6.43. The molecule has 2 saturated heterocycles. The molecule has 4 aliphatic rings. The lowest BCUT2D eigenvalue weighted by Crippen LogP contribution is -2.43. The number of benzene rings is 6. The van der Waals surface area contributed by atoms with Crippen molar-refractivity contribution in [3.63, 3.8) is 0 Å². The van der Waals surface area contributed by atoms with Crippen molar-refractivity contribution < 1.29 is 43.2 Å². The quantitative estimate of drug-likeness (QED) is 0.0767. The largest absolute Gasteiger partial charge is 0.507 e. The van der Waals surface area contributed by atoms with Gasteiger partial charge in [-0.3, -0.25) is 29.0 Å². The predicted molar refractivity (Wildman–Crippen MR) is 258 cm³/mol. The first-order chi connectivity index (χ1) is 32.6. The van der Waals surface area contributed by atoms with Crippen molar-refractivity contribution in [2.24, 2.45) is 29.6 Å². The van der Waals surface area contributed by atoms with Crippen LogP contribution in [0.3, 0.4) is 0 Å². The number of allylic oxidation sites excluding steroid dienone is 2. The second kappa shape index (κ2) is 17.5. The lowest BCUT2D eigenvalue weighted by atomic mass is 9.57. The van der Waals surface area contributed by atoms with Crippen LogP contribution < -0.4 is 28.7 Å². The summed E-state index contributed by atoms with van der Waals surface area (Å²) < 4.78 is 21.9. The maximum Gasteiger partial charge on any atom is 0.238 e. The van der Waals surface area contributed by atoms with E-state index in [2.05, 4.69) is 0 Å². The normalized spacial score (nSPS) is 22.3. The fraction of sp³-hybridized carbons (Fsp3) is 0.214. The molecule has 0 aromatic heterocycles. The second-order valence-corrected chi connectivity index (χ2v) is 17.3. The van der Waals surface area contributed by atoms with Crippen LogP contribution in [0.4, 0.5) is 11.4 Å². The van der Waals surface area contributed by atoms with E-state index in [4.69, 9.17) is 18.9 Å². The molecule has 1 N–H and O–H groups in total. The molecule has 11 nitrogen and oxygen atoms in total. The first kappa shape index (κ1) is 43.0. The molecule has 10 rings (SSSR count). The predicted octanol–water partition coefficient (Wildman–Crippen LogP) is 9.97. The van der Waals surface area contributed by atoms with Gasteiger partial charge in [0.15, 0.2) is 0 Å². The topological polar surface area (TPSA) is 132 Å². The number of anilines is 2. The zero-order valence-corrected chi connectivity index (χ0v) is 37.4. The van der Waals surface area contributed by atoms with Gasteiger partial charge in [0.2, 0.25) is 23.6 Å². The highest BCUT2D eigenvalue weighted by atomic mass is 16.5. The molecule has 4 amide bonds. The first-order valence-electron chi connectivity index (χ1n) is 22.3. The number of hydrogen-bond donors (Lipinski definition) is 1. The van der Waals surface area contributed by atoms with Gasteiger partial charge in [0.05, 0.1) is 63.5 Å². The molecule has 0 radical (unpaired) electrons. The number of aromatic hydroxyl groups is 1. The zero-order valence-electron chi connectivity index (χ0n) is 37.4. The number of methoxy groups -OCH3 is 4. The number of carbonyl (C=O) groups is 4. The number of rotatable bonds is 11. The summed E-state index contributed by atoms with van der Waals surface area (Å²) in [6.07, 6.45) is 10.3. The van der Waals surface area contributed by atoms with Gasteiger partial charge in [-0.1, -0.05) is 90.6 Å². The van der Waals surface area contributed by atoms with Crippen molar-refractivity contribution in [3.05, 3.63) is 161 Å². The SMILES string of the molecule is COc1ccc(OC)c(C=Cc2ccc(N3C(=O)C4CC=C5C(CC6C(=O)N(c7ccc(C=Cc8cc(OC)ccc8OC)cc7)C(=O)C6C5c5ccc(O)c6ccccc56)C4C3=O)cc2)c1. The Morgan fingerprint density at radius 3 is 1.58 bits per heavy atom. The number of imide groups is 2. The fourth-order valence-corrected chi connectivity index (χ4v) is 10.8. The zero-order chi connectivity index (χ0) is 46.5. The van der Waals surface area contributed by atoms with Crippen LogP contribution in [0, 0.1) is 29.6 Å². The standard InChI is InChI=1S/C56H48N2O9/c1-64-38-21-27-48(66-3)34(29-38)15-9-32-11-17-36(18-12-32)57-53(60)44-24-23-43-45(51(44)55(57)62)31-46-52(50(43)42-25-26-47(59)41-8-6-5-7-40(41)42)56(63)58(54(46)61)37-19-13-33(14-20-37)10-16-35-30-39(65-2)22-28-49(35)67-4/h5-23,25-30,44-46,50-52,59H,24,31H2,1-4H3. The van der Waals surface area contributed by atoms with E-state index in [0.29, 0.717) is 46.2 Å². The molecule has 2 aliphatic heterocycles. The van der Waals surface area contributed by atoms with Crippen molar-refractivity contribution in [3.8, 4) is 28.7 Å². The van der Waals surface area contributed by atoms with Gasteiger partial charge in [0.1, 0.15) is 28.7 Å². The number of ether oxygens (including phenoxy) is 4. The Bertz CT molecular complexity index is 3060. The van der Waals surface area contributed by atoms with Gasteiger partial charge < -0.3 is 24.1 Å². The van der Waals surface area contributed by atoms with Crippen LogP contribution in [0.2, 0.25) is 0 Å². The molecule has 11 heteroatoms. The van der Waals surface area contributed by atoms with E-state index in [1.165, 1.54) is 9.80 Å². The van der Waals surface area contributed by atoms with Crippen LogP contribution in [0.5, 0.6) is 28.7 Å². The minimum Gasteiger partial charge on any atom is -0.507 e. The Morgan fingerprint density at radius 1 is 0.522 bits per heavy atom. The summed E-state index contributed by atoms with van der Waals surface area (Å²) in [6.45, 7) is 0. The lowest BCUT2D eigenvalue weighted by Gasteiger charge is -2.44. The first-order valence-corrected chi connectivity index (χ1v) is 22.3. The van der Waals surface area contributed by atoms with Crippen LogP contribution in [0.1, 0.15) is 46.6 Å². The van der Waals surface area contributed by atoms with Gasteiger partial charge in [-0.25, -0.2) is 0 Å². The molecule has 0 bridgehead atoms. The van der Waals surface area contributed by atoms with E-state index in [9.17, 15) is 24.3 Å². The Morgan fingerprint density at radius 2 is 1.04 bits per heavy atom. The van der Waals surface area contributed by atoms with E-state index in [1.807, 2.05) is 121 Å². The lowest BCUT2D eigenvalue weighted by molar-refractivity contribution is -0.126. The molecular formula is C56H48N2O9. The molecule has 1 saturated carbocycles. The van der Waals surface area contributed by atoms with Gasteiger partial charge in [0, 0.05) is 22.4 Å². The Kier molecular flexibility index (Phi) is 11.2. The van der Waals surface area contributed by atoms with E-state index in [1.54, 1.807) is 58.8 Å². The minimum absolute atomic E-state index is 0.101. The molecule has 6 unspecified atom stereocenters. The molecule has 6 aromatic rings. The summed E-state index contributed by atoms with van der Waals surface area (Å²) in [6, 6.07) is 36.6. The summed E-state index contributed by atoms with van der Waals surface area (Å²) >= 11 is 0. The second-order valence-electron chi connectivity index (χ2n) is 17.3. The number of phenols is 1. The Balaban J connectivity index is 0.969. The van der Waals surface area contributed by atoms with Gasteiger partial charge in [-0.2, -0.15) is 0 Å². The smallest absolute Gasteiger partial charge is 0.238 e. The molecule has 2 heterocycles. The fourth-order valence-electron chi connectivity index (χ4n) is 10.8. The molecule has 0 spiro atoms. The van der Waals surface area contributed by atoms with Gasteiger partial charge in [-0.15, -0.1) is 0 Å². The Labute approximate surface area is 388 Å². The summed E-state index contributed by atoms with van der Waals surface area (Å²) in [4.78, 5) is 61.6. The average Bonchev–Trinajstić information content (AvgIpc) is 3.77. The van der Waals surface area contributed by atoms with Crippen molar-refractivity contribution in [1.29, 1.82) is 0 Å². The molecule has 3 fully saturated rings. The average molecular weight is 893 g/mol. The molecular weight excluding hydrogens is 845 g/mol. The van der Waals surface area contributed by atoms with Crippen molar-refractivity contribution >= 4 is 70.1 Å². The molecule has 6 aromatic carbocycles. The van der Waals surface area contributed by atoms with E-state index < -0.39 is 35.5 Å². The van der Waals surface area contributed by atoms with Crippen LogP contribution in [-0.2, 0) is 19.2 Å². The molecule has 2 aliphatic carbocycles. The Hall–Kier alpha value is -7.92. The summed E-state index contributed by atoms with van der Waals surface area (Å²) in [5, 5.41) is 12.4. The minimum atomic E-state index is -0.777. The van der Waals surface area contributed by atoms with Gasteiger partial charge in [0.25, 0.3) is 0 Å². The van der Waals surface area contributed by atoms with Crippen LogP contribution in [-0.4, -0.2) is 57.2 Å². The number of phenolic OH excluding ortho intramolecular Hbond substituents is 1. The number of nitrogens with zero attached hydrogens (tertiary/aromatic N) is 2. The summed E-state index contributed by atoms with van der Waals surface area (Å²) in [5.74, 6) is -2.38. The number of carbonyl (C=O) groups excluding carboxylic acids is 4. The number of amides is 4. The van der Waals surface area contributed by atoms with Gasteiger partial charge in [-0.05, 0) is 108 Å². The van der Waals surface area contributed by atoms with Crippen molar-refractivity contribution in [2.45, 2.75) is 18.8 Å². The highest BCUT2D eigenvalue weighted by molar-refractivity contribution is 6.24. The van der Waals surface area contributed by atoms with Crippen LogP contribution >= 0.6 is 0 Å². The number of fused-ring (bicyclic) bond motifs is 5. The van der Waals surface area contributed by atoms with Crippen molar-refractivity contribution in [1.82, 2.24) is 0 Å². The third kappa shape index (κ3) is 7.40. The van der Waals surface area contributed by atoms with E-state index >= 15 is 0 Å². The maximum absolute atomic E-state index is 15.0. The molecule has 67 heavy (non-hydrogen) atoms. The summed E-state index contributed by atoms with van der Waals surface area (Å²) in [5.41, 5.74) is 5.93. The van der Waals surface area contributed by atoms with E-state index in [-0.39, 0.29) is 35.8 Å². The van der Waals surface area contributed by atoms with E-state index in [0.717, 1.165) is 38.8 Å². The third-order valence-electron chi connectivity index (χ3n) is 14.0. The third-order valence-corrected chi connectivity index (χ3v) is 14.0. The highest BCUT2D eigenvalue weighted by Gasteiger charge is 2.62.